The first-order valence-electron chi connectivity index (χ1n) is 19.5. The molecule has 0 atom stereocenters. The first-order valence-corrected chi connectivity index (χ1v) is 19.5. The van der Waals surface area contributed by atoms with Crippen molar-refractivity contribution in [2.45, 2.75) is 6.92 Å². The van der Waals surface area contributed by atoms with E-state index >= 15 is 0 Å². The Kier molecular flexibility index (Phi) is 8.58. The van der Waals surface area contributed by atoms with Gasteiger partial charge in [0.05, 0.1) is 16.8 Å². The van der Waals surface area contributed by atoms with Crippen LogP contribution in [0, 0.1) is 6.92 Å². The average Bonchev–Trinajstić information content (AvgIpc) is 3.61. The van der Waals surface area contributed by atoms with E-state index in [2.05, 4.69) is 213 Å². The SMILES string of the molecule is C=C/C=C\c1c(C)oc2c(-c3ccc4ccccc4c3)ccc(N(c3ccc(-c4ccc5ccccc5c4-c4ccccc4)cc3)c3cccc4ccccc34)c12. The Labute approximate surface area is 332 Å². The second-order valence-corrected chi connectivity index (χ2v) is 14.5. The lowest BCUT2D eigenvalue weighted by molar-refractivity contribution is 0.578. The highest BCUT2D eigenvalue weighted by Gasteiger charge is 2.24. The standard InChI is InChI=1S/C55H39NO/c1-3-4-22-46-37(2)57-55-50(44-27-26-38-15-8-9-20-43(38)36-44)34-35-52(54(46)55)56(51-25-14-21-39-16-10-12-23-47(39)51)45-31-28-41(29-32-45)49-33-30-40-17-11-13-24-48(40)53(49)42-18-6-5-7-19-42/h3-36H,1H2,2H3/b22-4-. The van der Waals surface area contributed by atoms with Crippen LogP contribution in [0.3, 0.4) is 0 Å². The van der Waals surface area contributed by atoms with Gasteiger partial charge in [0.2, 0.25) is 0 Å². The van der Waals surface area contributed by atoms with E-state index in [1.54, 1.807) is 0 Å². The summed E-state index contributed by atoms with van der Waals surface area (Å²) < 4.78 is 6.80. The van der Waals surface area contributed by atoms with Gasteiger partial charge in [0.25, 0.3) is 0 Å². The van der Waals surface area contributed by atoms with Crippen molar-refractivity contribution in [2.75, 3.05) is 4.90 Å². The average molecular weight is 730 g/mol. The van der Waals surface area contributed by atoms with E-state index in [-0.39, 0.29) is 0 Å². The van der Waals surface area contributed by atoms with Crippen LogP contribution in [0.15, 0.2) is 211 Å². The second kappa shape index (κ2) is 14.3. The van der Waals surface area contributed by atoms with E-state index in [1.807, 2.05) is 12.2 Å². The predicted molar refractivity (Wildman–Crippen MR) is 244 cm³/mol. The summed E-state index contributed by atoms with van der Waals surface area (Å²) in [6.45, 7) is 6.06. The minimum absolute atomic E-state index is 0.856. The summed E-state index contributed by atoms with van der Waals surface area (Å²) in [5, 5.41) is 8.28. The van der Waals surface area contributed by atoms with Crippen LogP contribution in [0.2, 0.25) is 0 Å². The lowest BCUT2D eigenvalue weighted by Gasteiger charge is -2.28. The van der Waals surface area contributed by atoms with Crippen molar-refractivity contribution >= 4 is 66.4 Å². The summed E-state index contributed by atoms with van der Waals surface area (Å²) in [6, 6.07) is 67.8. The van der Waals surface area contributed by atoms with Gasteiger partial charge < -0.3 is 9.32 Å². The molecule has 1 heterocycles. The fourth-order valence-corrected chi connectivity index (χ4v) is 8.49. The van der Waals surface area contributed by atoms with Gasteiger partial charge in [-0.3, -0.25) is 0 Å². The van der Waals surface area contributed by atoms with Crippen molar-refractivity contribution < 1.29 is 4.42 Å². The molecule has 9 aromatic carbocycles. The zero-order valence-corrected chi connectivity index (χ0v) is 31.7. The van der Waals surface area contributed by atoms with Gasteiger partial charge in [-0.2, -0.15) is 0 Å². The highest BCUT2D eigenvalue weighted by Crippen LogP contribution is 2.48. The van der Waals surface area contributed by atoms with Crippen molar-refractivity contribution in [1.29, 1.82) is 0 Å². The maximum atomic E-state index is 6.80. The summed E-state index contributed by atoms with van der Waals surface area (Å²) in [5.74, 6) is 0.857. The number of allylic oxidation sites excluding steroid dienone is 2. The zero-order chi connectivity index (χ0) is 38.3. The molecule has 10 rings (SSSR count). The Balaban J connectivity index is 1.21. The van der Waals surface area contributed by atoms with E-state index in [0.29, 0.717) is 0 Å². The topological polar surface area (TPSA) is 16.4 Å². The number of hydrogen-bond acceptors (Lipinski definition) is 2. The molecular formula is C55H39NO. The van der Waals surface area contributed by atoms with Gasteiger partial charge in [0.1, 0.15) is 11.3 Å². The lowest BCUT2D eigenvalue weighted by atomic mass is 9.89. The number of hydrogen-bond donors (Lipinski definition) is 0. The van der Waals surface area contributed by atoms with Gasteiger partial charge in [-0.15, -0.1) is 0 Å². The maximum Gasteiger partial charge on any atom is 0.144 e. The van der Waals surface area contributed by atoms with Gasteiger partial charge in [0.15, 0.2) is 0 Å². The lowest BCUT2D eigenvalue weighted by Crippen LogP contribution is -2.11. The molecule has 1 aromatic heterocycles. The molecule has 0 saturated heterocycles. The van der Waals surface area contributed by atoms with Gasteiger partial charge in [-0.1, -0.05) is 176 Å². The number of furan rings is 1. The number of rotatable bonds is 8. The highest BCUT2D eigenvalue weighted by atomic mass is 16.3. The Morgan fingerprint density at radius 1 is 0.491 bits per heavy atom. The molecule has 0 bridgehead atoms. The fourth-order valence-electron chi connectivity index (χ4n) is 8.49. The molecule has 0 saturated carbocycles. The Morgan fingerprint density at radius 3 is 1.91 bits per heavy atom. The molecule has 0 aliphatic carbocycles. The first-order chi connectivity index (χ1) is 28.2. The highest BCUT2D eigenvalue weighted by molar-refractivity contribution is 6.11. The third kappa shape index (κ3) is 6.00. The van der Waals surface area contributed by atoms with Crippen molar-refractivity contribution in [1.82, 2.24) is 0 Å². The van der Waals surface area contributed by atoms with Crippen LogP contribution in [-0.4, -0.2) is 0 Å². The molecule has 0 aliphatic rings. The van der Waals surface area contributed by atoms with Crippen LogP contribution < -0.4 is 4.90 Å². The Hall–Kier alpha value is -7.42. The third-order valence-electron chi connectivity index (χ3n) is 11.2. The zero-order valence-electron chi connectivity index (χ0n) is 31.7. The molecule has 0 aliphatic heterocycles. The van der Waals surface area contributed by atoms with Crippen molar-refractivity contribution in [3.8, 4) is 33.4 Å². The molecule has 2 nitrogen and oxygen atoms in total. The van der Waals surface area contributed by atoms with Crippen LogP contribution in [0.1, 0.15) is 11.3 Å². The van der Waals surface area contributed by atoms with E-state index in [0.717, 1.165) is 56.0 Å². The molecule has 0 unspecified atom stereocenters. The van der Waals surface area contributed by atoms with E-state index in [9.17, 15) is 0 Å². The summed E-state index contributed by atoms with van der Waals surface area (Å²) >= 11 is 0. The van der Waals surface area contributed by atoms with Gasteiger partial charge in [0, 0.05) is 22.2 Å². The molecule has 0 spiro atoms. The fraction of sp³-hybridized carbons (Fsp3) is 0.0182. The minimum atomic E-state index is 0.856. The number of benzene rings is 9. The summed E-state index contributed by atoms with van der Waals surface area (Å²) in [7, 11) is 0. The molecule has 0 radical (unpaired) electrons. The number of aryl methyl sites for hydroxylation is 1. The summed E-state index contributed by atoms with van der Waals surface area (Å²) in [6.07, 6.45) is 5.94. The maximum absolute atomic E-state index is 6.80. The Morgan fingerprint density at radius 2 is 1.12 bits per heavy atom. The second-order valence-electron chi connectivity index (χ2n) is 14.5. The van der Waals surface area contributed by atoms with Crippen LogP contribution in [0.5, 0.6) is 0 Å². The smallest absolute Gasteiger partial charge is 0.144 e. The third-order valence-corrected chi connectivity index (χ3v) is 11.2. The Bertz CT molecular complexity index is 3140. The van der Waals surface area contributed by atoms with E-state index in [4.69, 9.17) is 4.42 Å². The largest absolute Gasteiger partial charge is 0.460 e. The molecule has 10 aromatic rings. The molecule has 57 heavy (non-hydrogen) atoms. The van der Waals surface area contributed by atoms with Gasteiger partial charge in [-0.05, 0) is 98.1 Å². The molecule has 0 fully saturated rings. The number of nitrogens with zero attached hydrogens (tertiary/aromatic N) is 1. The monoisotopic (exact) mass is 729 g/mol. The van der Waals surface area contributed by atoms with Crippen molar-refractivity contribution in [3.63, 3.8) is 0 Å². The number of anilines is 3. The van der Waals surface area contributed by atoms with E-state index in [1.165, 1.54) is 49.0 Å². The van der Waals surface area contributed by atoms with Crippen LogP contribution in [0.25, 0.3) is 82.7 Å². The van der Waals surface area contributed by atoms with Crippen molar-refractivity contribution in [2.24, 2.45) is 0 Å². The molecule has 2 heteroatoms. The van der Waals surface area contributed by atoms with Crippen LogP contribution in [0.4, 0.5) is 17.1 Å². The normalized spacial score (nSPS) is 11.6. The first kappa shape index (κ1) is 34.1. The predicted octanol–water partition coefficient (Wildman–Crippen LogP) is 15.9. The summed E-state index contributed by atoms with van der Waals surface area (Å²) in [5.41, 5.74) is 12.0. The summed E-state index contributed by atoms with van der Waals surface area (Å²) in [4.78, 5) is 2.40. The minimum Gasteiger partial charge on any atom is -0.460 e. The quantitative estimate of drug-likeness (QED) is 0.145. The number of fused-ring (bicyclic) bond motifs is 4. The molecule has 0 N–H and O–H groups in total. The van der Waals surface area contributed by atoms with Gasteiger partial charge >= 0.3 is 0 Å². The molecule has 0 amide bonds. The van der Waals surface area contributed by atoms with Gasteiger partial charge in [-0.25, -0.2) is 0 Å². The van der Waals surface area contributed by atoms with Crippen LogP contribution in [-0.2, 0) is 0 Å². The van der Waals surface area contributed by atoms with Crippen molar-refractivity contribution in [3.05, 3.63) is 218 Å². The van der Waals surface area contributed by atoms with E-state index < -0.39 is 0 Å². The van der Waals surface area contributed by atoms with Crippen LogP contribution >= 0.6 is 0 Å². The molecular weight excluding hydrogens is 691 g/mol. The molecule has 270 valence electrons.